The van der Waals surface area contributed by atoms with Crippen molar-refractivity contribution in [2.45, 2.75) is 0 Å². The second-order valence-electron chi connectivity index (χ2n) is 13.7. The highest BCUT2D eigenvalue weighted by Gasteiger charge is 2.23. The molecule has 0 bridgehead atoms. The summed E-state index contributed by atoms with van der Waals surface area (Å²) in [6.07, 6.45) is 0. The van der Waals surface area contributed by atoms with Crippen LogP contribution in [0.15, 0.2) is 217 Å². The van der Waals surface area contributed by atoms with Crippen LogP contribution in [0.1, 0.15) is 0 Å². The minimum absolute atomic E-state index is 0.878. The molecule has 0 N–H and O–H groups in total. The van der Waals surface area contributed by atoms with E-state index in [2.05, 4.69) is 217 Å². The molecule has 0 radical (unpaired) electrons. The van der Waals surface area contributed by atoms with Crippen LogP contribution in [0.3, 0.4) is 0 Å². The van der Waals surface area contributed by atoms with Gasteiger partial charge in [0.25, 0.3) is 0 Å². The molecular formula is C52H35NO. The van der Waals surface area contributed by atoms with Crippen molar-refractivity contribution < 1.29 is 4.42 Å². The third-order valence-corrected chi connectivity index (χ3v) is 10.4. The zero-order valence-electron chi connectivity index (χ0n) is 29.6. The van der Waals surface area contributed by atoms with E-state index in [4.69, 9.17) is 4.42 Å². The molecule has 0 amide bonds. The van der Waals surface area contributed by atoms with Gasteiger partial charge in [0, 0.05) is 39.0 Å². The van der Waals surface area contributed by atoms with Gasteiger partial charge in [-0.3, -0.25) is 0 Å². The van der Waals surface area contributed by atoms with Crippen LogP contribution in [0.5, 0.6) is 0 Å². The quantitative estimate of drug-likeness (QED) is 0.155. The normalized spacial score (nSPS) is 11.3. The van der Waals surface area contributed by atoms with E-state index in [0.29, 0.717) is 0 Å². The van der Waals surface area contributed by atoms with Gasteiger partial charge in [0.05, 0.1) is 0 Å². The van der Waals surface area contributed by atoms with Crippen LogP contribution in [-0.2, 0) is 0 Å². The van der Waals surface area contributed by atoms with Gasteiger partial charge in [-0.15, -0.1) is 0 Å². The van der Waals surface area contributed by atoms with E-state index in [0.717, 1.165) is 55.9 Å². The van der Waals surface area contributed by atoms with Crippen LogP contribution in [0.2, 0.25) is 0 Å². The second kappa shape index (κ2) is 13.4. The molecule has 2 nitrogen and oxygen atoms in total. The van der Waals surface area contributed by atoms with E-state index in [-0.39, 0.29) is 0 Å². The summed E-state index contributed by atoms with van der Waals surface area (Å²) in [5.41, 5.74) is 12.1. The molecule has 10 rings (SSSR count). The highest BCUT2D eigenvalue weighted by atomic mass is 16.3. The zero-order chi connectivity index (χ0) is 35.8. The van der Waals surface area contributed by atoms with E-state index in [1.54, 1.807) is 0 Å². The number of fused-ring (bicyclic) bond motifs is 6. The second-order valence-corrected chi connectivity index (χ2v) is 13.7. The molecule has 0 unspecified atom stereocenters. The first kappa shape index (κ1) is 31.6. The molecule has 0 saturated carbocycles. The lowest BCUT2D eigenvalue weighted by atomic mass is 9.92. The predicted molar refractivity (Wildman–Crippen MR) is 228 cm³/mol. The maximum atomic E-state index is 6.98. The Morgan fingerprint density at radius 1 is 0.296 bits per heavy atom. The van der Waals surface area contributed by atoms with Crippen molar-refractivity contribution in [2.24, 2.45) is 0 Å². The van der Waals surface area contributed by atoms with Crippen molar-refractivity contribution in [3.8, 4) is 44.7 Å². The molecule has 9 aromatic carbocycles. The molecule has 54 heavy (non-hydrogen) atoms. The van der Waals surface area contributed by atoms with Gasteiger partial charge in [-0.05, 0) is 86.4 Å². The molecule has 0 fully saturated rings. The molecule has 1 heterocycles. The van der Waals surface area contributed by atoms with Crippen molar-refractivity contribution in [3.63, 3.8) is 0 Å². The summed E-state index contributed by atoms with van der Waals surface area (Å²) in [6.45, 7) is 0. The summed E-state index contributed by atoms with van der Waals surface area (Å²) in [5, 5.41) is 5.87. The first-order chi connectivity index (χ1) is 26.8. The van der Waals surface area contributed by atoms with Gasteiger partial charge in [-0.25, -0.2) is 0 Å². The topological polar surface area (TPSA) is 16.4 Å². The number of hydrogen-bond donors (Lipinski definition) is 0. The average Bonchev–Trinajstić information content (AvgIpc) is 3.67. The minimum atomic E-state index is 0.878. The standard InChI is InChI=1S/C52H35NO/c1-5-17-36(18-6-1)40-33-41(37-19-7-2-8-20-37)35-44(34-40)53(42-23-11-4-12-24-42)43-31-29-38(30-32-43)49-50-47-27-15-13-25-45(47)46-26-14-16-28-48(46)52(50)54-51(49)39-21-9-3-10-22-39/h1-35H. The SMILES string of the molecule is c1ccc(-c2cc(-c3ccccc3)cc(N(c3ccccc3)c3ccc(-c4c(-c5ccccc5)oc5c6ccccc6c6ccccc6c45)cc3)c2)cc1. The largest absolute Gasteiger partial charge is 0.455 e. The third-order valence-electron chi connectivity index (χ3n) is 10.4. The molecule has 10 aromatic rings. The maximum Gasteiger partial charge on any atom is 0.143 e. The monoisotopic (exact) mass is 689 g/mol. The first-order valence-electron chi connectivity index (χ1n) is 18.4. The molecule has 0 atom stereocenters. The van der Waals surface area contributed by atoms with Gasteiger partial charge >= 0.3 is 0 Å². The Bertz CT molecular complexity index is 2840. The van der Waals surface area contributed by atoms with Gasteiger partial charge < -0.3 is 9.32 Å². The number of anilines is 3. The van der Waals surface area contributed by atoms with Crippen LogP contribution in [0.4, 0.5) is 17.1 Å². The molecule has 2 heteroatoms. The van der Waals surface area contributed by atoms with E-state index in [1.807, 2.05) is 0 Å². The molecule has 0 aliphatic heterocycles. The number of benzene rings is 9. The summed E-state index contributed by atoms with van der Waals surface area (Å²) < 4.78 is 6.98. The minimum Gasteiger partial charge on any atom is -0.455 e. The van der Waals surface area contributed by atoms with E-state index in [9.17, 15) is 0 Å². The molecular weight excluding hydrogens is 655 g/mol. The van der Waals surface area contributed by atoms with E-state index >= 15 is 0 Å². The third kappa shape index (κ3) is 5.53. The summed E-state index contributed by atoms with van der Waals surface area (Å²) in [7, 11) is 0. The van der Waals surface area contributed by atoms with Crippen LogP contribution >= 0.6 is 0 Å². The van der Waals surface area contributed by atoms with Crippen LogP contribution in [0.25, 0.3) is 77.2 Å². The van der Waals surface area contributed by atoms with Gasteiger partial charge in [-0.2, -0.15) is 0 Å². The van der Waals surface area contributed by atoms with Crippen molar-refractivity contribution >= 4 is 49.6 Å². The summed E-state index contributed by atoms with van der Waals surface area (Å²) >= 11 is 0. The lowest BCUT2D eigenvalue weighted by Gasteiger charge is -2.27. The molecule has 254 valence electrons. The lowest BCUT2D eigenvalue weighted by Crippen LogP contribution is -2.10. The fourth-order valence-corrected chi connectivity index (χ4v) is 7.93. The predicted octanol–water partition coefficient (Wildman–Crippen LogP) is 14.9. The Morgan fingerprint density at radius 2 is 0.741 bits per heavy atom. The Morgan fingerprint density at radius 3 is 1.31 bits per heavy atom. The Balaban J connectivity index is 1.19. The Labute approximate surface area is 314 Å². The summed E-state index contributed by atoms with van der Waals surface area (Å²) in [6, 6.07) is 75.6. The van der Waals surface area contributed by atoms with Crippen molar-refractivity contribution in [3.05, 3.63) is 212 Å². The van der Waals surface area contributed by atoms with Crippen LogP contribution < -0.4 is 4.90 Å². The fraction of sp³-hybridized carbons (Fsp3) is 0. The van der Waals surface area contributed by atoms with Gasteiger partial charge in [0.1, 0.15) is 11.3 Å². The molecule has 1 aromatic heterocycles. The average molecular weight is 690 g/mol. The van der Waals surface area contributed by atoms with Crippen LogP contribution in [-0.4, -0.2) is 0 Å². The number of rotatable bonds is 7. The maximum absolute atomic E-state index is 6.98. The van der Waals surface area contributed by atoms with Gasteiger partial charge in [-0.1, -0.05) is 170 Å². The number of para-hydroxylation sites is 1. The van der Waals surface area contributed by atoms with Gasteiger partial charge in [0.2, 0.25) is 0 Å². The first-order valence-corrected chi connectivity index (χ1v) is 18.4. The van der Waals surface area contributed by atoms with Crippen molar-refractivity contribution in [2.75, 3.05) is 4.90 Å². The number of nitrogens with zero attached hydrogens (tertiary/aromatic N) is 1. The summed E-state index contributed by atoms with van der Waals surface area (Å²) in [5.74, 6) is 0.878. The smallest absolute Gasteiger partial charge is 0.143 e. The molecule has 0 aliphatic carbocycles. The molecule has 0 spiro atoms. The van der Waals surface area contributed by atoms with Crippen molar-refractivity contribution in [1.82, 2.24) is 0 Å². The molecule has 0 saturated heterocycles. The highest BCUT2D eigenvalue weighted by molar-refractivity contribution is 6.28. The van der Waals surface area contributed by atoms with E-state index < -0.39 is 0 Å². The van der Waals surface area contributed by atoms with Gasteiger partial charge in [0.15, 0.2) is 0 Å². The fourth-order valence-electron chi connectivity index (χ4n) is 7.93. The van der Waals surface area contributed by atoms with Crippen LogP contribution in [0, 0.1) is 0 Å². The number of hydrogen-bond acceptors (Lipinski definition) is 2. The lowest BCUT2D eigenvalue weighted by molar-refractivity contribution is 0.636. The Hall–Kier alpha value is -7.16. The highest BCUT2D eigenvalue weighted by Crippen LogP contribution is 2.48. The van der Waals surface area contributed by atoms with E-state index in [1.165, 1.54) is 38.4 Å². The molecule has 0 aliphatic rings. The summed E-state index contributed by atoms with van der Waals surface area (Å²) in [4.78, 5) is 2.36. The Kier molecular flexibility index (Phi) is 7.85. The number of furan rings is 1. The van der Waals surface area contributed by atoms with Crippen molar-refractivity contribution in [1.29, 1.82) is 0 Å². The zero-order valence-corrected chi connectivity index (χ0v) is 29.6.